The lowest BCUT2D eigenvalue weighted by Gasteiger charge is -2.41. The van der Waals surface area contributed by atoms with Gasteiger partial charge in [0.25, 0.3) is 5.91 Å². The topological polar surface area (TPSA) is 99.3 Å². The molecule has 222 valence electrons. The van der Waals surface area contributed by atoms with Crippen molar-refractivity contribution in [1.29, 1.82) is 0 Å². The predicted molar refractivity (Wildman–Crippen MR) is 157 cm³/mol. The van der Waals surface area contributed by atoms with Crippen LogP contribution in [0.4, 0.5) is 0 Å². The first-order valence-corrected chi connectivity index (χ1v) is 16.3. The Morgan fingerprint density at radius 3 is 2.32 bits per heavy atom. The number of hydrogen-bond donors (Lipinski definition) is 1. The van der Waals surface area contributed by atoms with Gasteiger partial charge in [0.2, 0.25) is 15.9 Å². The molecule has 1 spiro atoms. The third-order valence-corrected chi connectivity index (χ3v) is 10.8. The van der Waals surface area contributed by atoms with Crippen LogP contribution in [0, 0.1) is 5.41 Å². The lowest BCUT2D eigenvalue weighted by Crippen LogP contribution is -2.50. The smallest absolute Gasteiger partial charge is 0.253 e. The number of aryl methyl sites for hydroxylation is 1. The van der Waals surface area contributed by atoms with Gasteiger partial charge in [-0.25, -0.2) is 8.42 Å². The molecule has 2 aromatic rings. The summed E-state index contributed by atoms with van der Waals surface area (Å²) in [6, 6.07) is 14.5. The Morgan fingerprint density at radius 1 is 0.878 bits per heavy atom. The summed E-state index contributed by atoms with van der Waals surface area (Å²) in [4.78, 5) is 30.9. The number of nitrogens with zero attached hydrogens (tertiary/aromatic N) is 3. The molecule has 3 aliphatic rings. The second-order valence-electron chi connectivity index (χ2n) is 11.6. The number of fused-ring (bicyclic) bond motifs is 1. The van der Waals surface area contributed by atoms with E-state index >= 15 is 0 Å². The van der Waals surface area contributed by atoms with Gasteiger partial charge in [0.1, 0.15) is 5.75 Å². The highest BCUT2D eigenvalue weighted by Crippen LogP contribution is 2.38. The Morgan fingerprint density at radius 2 is 1.59 bits per heavy atom. The highest BCUT2D eigenvalue weighted by Gasteiger charge is 2.41. The van der Waals surface area contributed by atoms with Crippen molar-refractivity contribution in [2.45, 2.75) is 49.8 Å². The molecule has 41 heavy (non-hydrogen) atoms. The number of likely N-dealkylation sites (N-methyl/N-ethyl adjacent to an activating group) is 1. The summed E-state index contributed by atoms with van der Waals surface area (Å²) < 4.78 is 33.6. The van der Waals surface area contributed by atoms with Crippen LogP contribution in [-0.4, -0.2) is 93.8 Å². The first-order chi connectivity index (χ1) is 19.8. The number of piperidine rings is 1. The predicted octanol–water partition coefficient (Wildman–Crippen LogP) is 3.16. The van der Waals surface area contributed by atoms with Crippen LogP contribution < -0.4 is 10.1 Å². The molecule has 3 heterocycles. The molecule has 0 unspecified atom stereocenters. The van der Waals surface area contributed by atoms with Gasteiger partial charge in [-0.15, -0.1) is 0 Å². The molecular formula is C31H42N4O5S. The van der Waals surface area contributed by atoms with E-state index in [1.165, 1.54) is 22.0 Å². The third-order valence-electron chi connectivity index (χ3n) is 8.88. The molecule has 0 atom stereocenters. The van der Waals surface area contributed by atoms with Crippen LogP contribution in [0.1, 0.15) is 54.4 Å². The second kappa shape index (κ2) is 12.9. The maximum Gasteiger partial charge on any atom is 0.253 e. The fourth-order valence-corrected chi connectivity index (χ4v) is 7.55. The Hall–Kier alpha value is -2.95. The number of piperazine rings is 1. The number of carbonyl (C=O) groups excluding carboxylic acids is 2. The summed E-state index contributed by atoms with van der Waals surface area (Å²) in [6.45, 7) is 4.45. The normalized spacial score (nSPS) is 21.5. The molecule has 0 radical (unpaired) electrons. The Bertz CT molecular complexity index is 1310. The maximum absolute atomic E-state index is 13.4. The number of likely N-dealkylation sites (tertiary alicyclic amines) is 1. The highest BCUT2D eigenvalue weighted by molar-refractivity contribution is 7.89. The van der Waals surface area contributed by atoms with E-state index in [1.807, 2.05) is 25.2 Å². The first kappa shape index (κ1) is 29.5. The number of ether oxygens (including phenoxy) is 1. The summed E-state index contributed by atoms with van der Waals surface area (Å²) in [5, 5.41) is 3.14. The monoisotopic (exact) mass is 582 g/mol. The molecule has 2 amide bonds. The van der Waals surface area contributed by atoms with Crippen LogP contribution in [0.25, 0.3) is 0 Å². The second-order valence-corrected chi connectivity index (χ2v) is 13.5. The van der Waals surface area contributed by atoms with Gasteiger partial charge in [-0.3, -0.25) is 9.59 Å². The summed E-state index contributed by atoms with van der Waals surface area (Å²) >= 11 is 0. The number of sulfonamides is 1. The number of amides is 2. The van der Waals surface area contributed by atoms with Crippen molar-refractivity contribution in [3.8, 4) is 5.75 Å². The minimum atomic E-state index is -3.58. The number of benzene rings is 2. The zero-order valence-electron chi connectivity index (χ0n) is 24.0. The number of para-hydroxylation sites is 1. The van der Waals surface area contributed by atoms with Crippen LogP contribution in [0.5, 0.6) is 5.75 Å². The zero-order chi connectivity index (χ0) is 28.9. The maximum atomic E-state index is 13.4. The number of rotatable bonds is 3. The molecule has 0 aromatic heterocycles. The van der Waals surface area contributed by atoms with Crippen molar-refractivity contribution in [3.05, 3.63) is 59.7 Å². The van der Waals surface area contributed by atoms with Gasteiger partial charge in [-0.05, 0) is 81.5 Å². The summed E-state index contributed by atoms with van der Waals surface area (Å²) in [7, 11) is -1.60. The Kier molecular flexibility index (Phi) is 9.31. The van der Waals surface area contributed by atoms with Crippen molar-refractivity contribution in [2.24, 2.45) is 5.41 Å². The largest absolute Gasteiger partial charge is 0.493 e. The SMILES string of the molecule is CN1CCN(S(=O)(=O)c2ccc(C(=O)N3CCC4(CCCCc5ccccc5OCCCNC4=O)CC3)cc2)CC1. The van der Waals surface area contributed by atoms with Gasteiger partial charge in [0, 0.05) is 51.4 Å². The fraction of sp³-hybridized carbons (Fsp3) is 0.548. The van der Waals surface area contributed by atoms with E-state index in [9.17, 15) is 18.0 Å². The van der Waals surface area contributed by atoms with Gasteiger partial charge in [0.05, 0.1) is 16.9 Å². The van der Waals surface area contributed by atoms with E-state index in [-0.39, 0.29) is 16.7 Å². The Balaban J connectivity index is 1.21. The molecule has 2 saturated heterocycles. The van der Waals surface area contributed by atoms with Crippen molar-refractivity contribution in [3.63, 3.8) is 0 Å². The zero-order valence-corrected chi connectivity index (χ0v) is 24.8. The van der Waals surface area contributed by atoms with Crippen LogP contribution in [-0.2, 0) is 21.2 Å². The highest BCUT2D eigenvalue weighted by atomic mass is 32.2. The van der Waals surface area contributed by atoms with Crippen molar-refractivity contribution in [2.75, 3.05) is 59.5 Å². The summed E-state index contributed by atoms with van der Waals surface area (Å²) in [5.41, 5.74) is 1.20. The van der Waals surface area contributed by atoms with Crippen LogP contribution in [0.15, 0.2) is 53.4 Å². The van der Waals surface area contributed by atoms with Crippen molar-refractivity contribution < 1.29 is 22.7 Å². The number of carbonyl (C=O) groups is 2. The third kappa shape index (κ3) is 6.76. The van der Waals surface area contributed by atoms with Crippen LogP contribution in [0.2, 0.25) is 0 Å². The van der Waals surface area contributed by atoms with E-state index in [2.05, 4.69) is 16.3 Å². The van der Waals surface area contributed by atoms with E-state index in [0.29, 0.717) is 70.8 Å². The molecule has 0 saturated carbocycles. The van der Waals surface area contributed by atoms with E-state index in [1.54, 1.807) is 17.0 Å². The van der Waals surface area contributed by atoms with Gasteiger partial charge < -0.3 is 19.9 Å². The van der Waals surface area contributed by atoms with Crippen LogP contribution >= 0.6 is 0 Å². The van der Waals surface area contributed by atoms with E-state index in [0.717, 1.165) is 37.9 Å². The minimum absolute atomic E-state index is 0.0832. The molecule has 3 aliphatic heterocycles. The van der Waals surface area contributed by atoms with Crippen LogP contribution in [0.3, 0.4) is 0 Å². The quantitative estimate of drug-likeness (QED) is 0.597. The van der Waals surface area contributed by atoms with Gasteiger partial charge in [-0.1, -0.05) is 24.6 Å². The first-order valence-electron chi connectivity index (χ1n) is 14.9. The van der Waals surface area contributed by atoms with Gasteiger partial charge in [-0.2, -0.15) is 4.31 Å². The number of hydrogen-bond acceptors (Lipinski definition) is 6. The van der Waals surface area contributed by atoms with E-state index in [4.69, 9.17) is 4.74 Å². The van der Waals surface area contributed by atoms with E-state index < -0.39 is 15.4 Å². The summed E-state index contributed by atoms with van der Waals surface area (Å²) in [6.07, 6.45) is 5.59. The molecule has 0 bridgehead atoms. The molecule has 0 aliphatic carbocycles. The molecule has 2 fully saturated rings. The van der Waals surface area contributed by atoms with Crippen molar-refractivity contribution in [1.82, 2.24) is 19.4 Å². The standard InChI is InChI=1S/C31H42N4O5S/c1-33-20-22-35(23-21-33)41(38,39)27-12-10-26(11-13-27)29(36)34-18-15-31(16-19-34)14-5-4-8-25-7-2-3-9-28(25)40-24-6-17-32-30(31)37/h2-3,7,9-13H,4-6,8,14-24H2,1H3,(H,32,37). The van der Waals surface area contributed by atoms with Gasteiger partial charge >= 0.3 is 0 Å². The molecule has 10 heteroatoms. The average Bonchev–Trinajstić information content (AvgIpc) is 3.00. The molecule has 9 nitrogen and oxygen atoms in total. The van der Waals surface area contributed by atoms with Crippen molar-refractivity contribution >= 4 is 21.8 Å². The fourth-order valence-electron chi connectivity index (χ4n) is 6.13. The minimum Gasteiger partial charge on any atom is -0.493 e. The average molecular weight is 583 g/mol. The molecule has 5 rings (SSSR count). The lowest BCUT2D eigenvalue weighted by molar-refractivity contribution is -0.134. The molecule has 2 aromatic carbocycles. The summed E-state index contributed by atoms with van der Waals surface area (Å²) in [5.74, 6) is 0.895. The molecular weight excluding hydrogens is 540 g/mol. The number of nitrogens with one attached hydrogen (secondary N) is 1. The lowest BCUT2D eigenvalue weighted by atomic mass is 9.73. The Labute approximate surface area is 243 Å². The van der Waals surface area contributed by atoms with Gasteiger partial charge in [0.15, 0.2) is 0 Å². The molecule has 1 N–H and O–H groups in total.